The van der Waals surface area contributed by atoms with E-state index in [0.717, 1.165) is 0 Å². The molecule has 0 heterocycles. The summed E-state index contributed by atoms with van der Waals surface area (Å²) >= 11 is 0. The molecule has 0 bridgehead atoms. The van der Waals surface area contributed by atoms with Crippen LogP contribution in [0.2, 0.25) is 0 Å². The highest BCUT2D eigenvalue weighted by atomic mass is 14.1. The lowest BCUT2D eigenvalue weighted by atomic mass is 9.97. The molecule has 0 aromatic carbocycles. The van der Waals surface area contributed by atoms with Crippen LogP contribution in [0.5, 0.6) is 0 Å². The standard InChI is InChI=1S/C12H20/c1-6-8-11(5)12(9-7-2)10(3)4/h6-10H,1-5H3/b8-6-,9-7-,12-11+. The van der Waals surface area contributed by atoms with Crippen molar-refractivity contribution < 1.29 is 0 Å². The maximum absolute atomic E-state index is 2.22. The molecule has 0 N–H and O–H groups in total. The Balaban J connectivity index is 4.79. The van der Waals surface area contributed by atoms with Gasteiger partial charge in [0.15, 0.2) is 0 Å². The van der Waals surface area contributed by atoms with Crippen molar-refractivity contribution in [2.45, 2.75) is 34.6 Å². The summed E-state index contributed by atoms with van der Waals surface area (Å²) in [6.07, 6.45) is 8.54. The smallest absolute Gasteiger partial charge is 0.0216 e. The van der Waals surface area contributed by atoms with E-state index in [4.69, 9.17) is 0 Å². The Morgan fingerprint density at radius 3 is 1.83 bits per heavy atom. The predicted octanol–water partition coefficient (Wildman–Crippen LogP) is 4.11. The molecule has 0 spiro atoms. The molecule has 0 aliphatic heterocycles. The molecule has 0 aliphatic carbocycles. The molecule has 0 rings (SSSR count). The SMILES string of the molecule is C\C=C/C(C)=C(\C=C/C)C(C)C. The van der Waals surface area contributed by atoms with Gasteiger partial charge in [0.25, 0.3) is 0 Å². The van der Waals surface area contributed by atoms with Gasteiger partial charge in [0.2, 0.25) is 0 Å². The lowest BCUT2D eigenvalue weighted by Gasteiger charge is -2.08. The van der Waals surface area contributed by atoms with Crippen LogP contribution in [0.25, 0.3) is 0 Å². The summed E-state index contributed by atoms with van der Waals surface area (Å²) in [5.41, 5.74) is 2.79. The number of hydrogen-bond donors (Lipinski definition) is 0. The third-order valence-electron chi connectivity index (χ3n) is 1.84. The Kier molecular flexibility index (Phi) is 5.44. The summed E-state index contributed by atoms with van der Waals surface area (Å²) in [5.74, 6) is 0.609. The van der Waals surface area contributed by atoms with Crippen LogP contribution < -0.4 is 0 Å². The third-order valence-corrected chi connectivity index (χ3v) is 1.84. The van der Waals surface area contributed by atoms with E-state index >= 15 is 0 Å². The van der Waals surface area contributed by atoms with Gasteiger partial charge in [-0.2, -0.15) is 0 Å². The van der Waals surface area contributed by atoms with Gasteiger partial charge in [-0.15, -0.1) is 0 Å². The first-order chi connectivity index (χ1) is 5.63. The summed E-state index contributed by atoms with van der Waals surface area (Å²) in [6, 6.07) is 0. The van der Waals surface area contributed by atoms with Crippen molar-refractivity contribution in [3.05, 3.63) is 35.5 Å². The number of allylic oxidation sites excluding steroid dienone is 6. The first-order valence-electron chi connectivity index (χ1n) is 4.59. The molecule has 0 aromatic rings. The molecule has 0 amide bonds. The molecule has 0 saturated heterocycles. The zero-order valence-corrected chi connectivity index (χ0v) is 8.89. The van der Waals surface area contributed by atoms with Crippen molar-refractivity contribution in [1.82, 2.24) is 0 Å². The second-order valence-electron chi connectivity index (χ2n) is 3.29. The fourth-order valence-electron chi connectivity index (χ4n) is 1.31. The lowest BCUT2D eigenvalue weighted by molar-refractivity contribution is 0.783. The zero-order valence-electron chi connectivity index (χ0n) is 8.89. The van der Waals surface area contributed by atoms with E-state index < -0.39 is 0 Å². The van der Waals surface area contributed by atoms with E-state index in [9.17, 15) is 0 Å². The van der Waals surface area contributed by atoms with E-state index in [0.29, 0.717) is 5.92 Å². The Morgan fingerprint density at radius 2 is 1.50 bits per heavy atom. The highest BCUT2D eigenvalue weighted by Gasteiger charge is 2.00. The maximum atomic E-state index is 2.22. The first-order valence-corrected chi connectivity index (χ1v) is 4.59. The van der Waals surface area contributed by atoms with E-state index in [1.165, 1.54) is 11.1 Å². The molecule has 0 radical (unpaired) electrons. The quantitative estimate of drug-likeness (QED) is 0.551. The third kappa shape index (κ3) is 3.56. The number of hydrogen-bond acceptors (Lipinski definition) is 0. The Morgan fingerprint density at radius 1 is 1.00 bits per heavy atom. The molecule has 0 atom stereocenters. The summed E-state index contributed by atoms with van der Waals surface area (Å²) in [6.45, 7) is 10.7. The van der Waals surface area contributed by atoms with Crippen LogP contribution >= 0.6 is 0 Å². The molecular formula is C12H20. The normalized spacial score (nSPS) is 14.8. The molecule has 12 heavy (non-hydrogen) atoms. The van der Waals surface area contributed by atoms with Crippen molar-refractivity contribution in [2.75, 3.05) is 0 Å². The van der Waals surface area contributed by atoms with Crippen molar-refractivity contribution in [3.8, 4) is 0 Å². The van der Waals surface area contributed by atoms with Gasteiger partial charge in [-0.05, 0) is 37.8 Å². The molecule has 0 heteroatoms. The fraction of sp³-hybridized carbons (Fsp3) is 0.500. The Bertz CT molecular complexity index is 202. The van der Waals surface area contributed by atoms with Gasteiger partial charge in [-0.3, -0.25) is 0 Å². The summed E-state index contributed by atoms with van der Waals surface area (Å²) in [5, 5.41) is 0. The predicted molar refractivity (Wildman–Crippen MR) is 57.2 cm³/mol. The van der Waals surface area contributed by atoms with Crippen molar-refractivity contribution in [1.29, 1.82) is 0 Å². The zero-order chi connectivity index (χ0) is 9.56. The van der Waals surface area contributed by atoms with Crippen LogP contribution in [0.15, 0.2) is 35.5 Å². The van der Waals surface area contributed by atoms with Crippen molar-refractivity contribution in [2.24, 2.45) is 5.92 Å². The average Bonchev–Trinajstić information content (AvgIpc) is 1.99. The molecule has 0 saturated carbocycles. The molecule has 0 unspecified atom stereocenters. The Hall–Kier alpha value is -0.780. The second kappa shape index (κ2) is 5.82. The molecule has 0 nitrogen and oxygen atoms in total. The highest BCUT2D eigenvalue weighted by Crippen LogP contribution is 2.17. The summed E-state index contributed by atoms with van der Waals surface area (Å²) < 4.78 is 0. The molecule has 0 aliphatic rings. The van der Waals surface area contributed by atoms with Crippen molar-refractivity contribution in [3.63, 3.8) is 0 Å². The summed E-state index contributed by atoms with van der Waals surface area (Å²) in [7, 11) is 0. The average molecular weight is 164 g/mol. The number of rotatable bonds is 3. The van der Waals surface area contributed by atoms with Crippen molar-refractivity contribution >= 4 is 0 Å². The monoisotopic (exact) mass is 164 g/mol. The highest BCUT2D eigenvalue weighted by molar-refractivity contribution is 5.32. The van der Waals surface area contributed by atoms with Crippen LogP contribution in [0, 0.1) is 5.92 Å². The van der Waals surface area contributed by atoms with Gasteiger partial charge < -0.3 is 0 Å². The van der Waals surface area contributed by atoms with Crippen LogP contribution in [0.3, 0.4) is 0 Å². The Labute approximate surface area is 76.7 Å². The summed E-state index contributed by atoms with van der Waals surface area (Å²) in [4.78, 5) is 0. The van der Waals surface area contributed by atoms with E-state index in [-0.39, 0.29) is 0 Å². The van der Waals surface area contributed by atoms with Gasteiger partial charge >= 0.3 is 0 Å². The lowest BCUT2D eigenvalue weighted by Crippen LogP contribution is -1.93. The first kappa shape index (κ1) is 11.2. The molecule has 0 fully saturated rings. The molecule has 0 aromatic heterocycles. The van der Waals surface area contributed by atoms with E-state index in [1.54, 1.807) is 0 Å². The van der Waals surface area contributed by atoms with Crippen LogP contribution in [0.4, 0.5) is 0 Å². The maximum Gasteiger partial charge on any atom is -0.0216 e. The molecular weight excluding hydrogens is 144 g/mol. The minimum absolute atomic E-state index is 0.609. The second-order valence-corrected chi connectivity index (χ2v) is 3.29. The van der Waals surface area contributed by atoms with Crippen LogP contribution in [-0.4, -0.2) is 0 Å². The van der Waals surface area contributed by atoms with E-state index in [2.05, 4.69) is 58.9 Å². The van der Waals surface area contributed by atoms with Gasteiger partial charge in [0, 0.05) is 0 Å². The van der Waals surface area contributed by atoms with Gasteiger partial charge in [-0.25, -0.2) is 0 Å². The van der Waals surface area contributed by atoms with Gasteiger partial charge in [0.1, 0.15) is 0 Å². The molecule has 68 valence electrons. The largest absolute Gasteiger partial charge is 0.0874 e. The minimum atomic E-state index is 0.609. The van der Waals surface area contributed by atoms with Crippen LogP contribution in [0.1, 0.15) is 34.6 Å². The van der Waals surface area contributed by atoms with Gasteiger partial charge in [0.05, 0.1) is 0 Å². The van der Waals surface area contributed by atoms with Gasteiger partial charge in [-0.1, -0.05) is 38.2 Å². The van der Waals surface area contributed by atoms with Crippen LogP contribution in [-0.2, 0) is 0 Å². The topological polar surface area (TPSA) is 0 Å². The fourth-order valence-corrected chi connectivity index (χ4v) is 1.31. The van der Waals surface area contributed by atoms with E-state index in [1.807, 2.05) is 0 Å². The minimum Gasteiger partial charge on any atom is -0.0874 e.